The smallest absolute Gasteiger partial charge is 0.271 e. The third kappa shape index (κ3) is 3.42. The first-order valence-corrected chi connectivity index (χ1v) is 9.09. The van der Waals surface area contributed by atoms with Crippen molar-refractivity contribution < 1.29 is 12.8 Å². The van der Waals surface area contributed by atoms with Crippen LogP contribution in [0.25, 0.3) is 0 Å². The molecule has 0 saturated heterocycles. The highest BCUT2D eigenvalue weighted by molar-refractivity contribution is 9.11. The van der Waals surface area contributed by atoms with Crippen LogP contribution >= 0.6 is 39.5 Å². The molecule has 0 aliphatic carbocycles. The van der Waals surface area contributed by atoms with Crippen molar-refractivity contribution in [3.8, 4) is 0 Å². The summed E-state index contributed by atoms with van der Waals surface area (Å²) in [6.45, 7) is 1.78. The van der Waals surface area contributed by atoms with E-state index in [1.54, 1.807) is 6.92 Å². The van der Waals surface area contributed by atoms with Gasteiger partial charge in [0.05, 0.1) is 15.0 Å². The Kier molecular flexibility index (Phi) is 4.66. The molecule has 9 heteroatoms. The minimum atomic E-state index is -3.83. The van der Waals surface area contributed by atoms with Gasteiger partial charge in [-0.1, -0.05) is 18.3 Å². The molecule has 3 N–H and O–H groups in total. The second kappa shape index (κ2) is 5.99. The predicted octanol–water partition coefficient (Wildman–Crippen LogP) is 3.39. The largest absolute Gasteiger partial charge is 0.389 e. The van der Waals surface area contributed by atoms with Gasteiger partial charge < -0.3 is 5.73 Å². The van der Waals surface area contributed by atoms with Gasteiger partial charge in [0.25, 0.3) is 10.0 Å². The minimum absolute atomic E-state index is 0.0182. The molecule has 1 aromatic carbocycles. The van der Waals surface area contributed by atoms with E-state index in [-0.39, 0.29) is 20.4 Å². The zero-order chi connectivity index (χ0) is 15.8. The molecule has 0 saturated carbocycles. The molecule has 0 aliphatic heterocycles. The maximum absolute atomic E-state index is 13.7. The summed E-state index contributed by atoms with van der Waals surface area (Å²) in [6, 6.07) is 5.48. The van der Waals surface area contributed by atoms with Gasteiger partial charge in [0.1, 0.15) is 15.0 Å². The van der Waals surface area contributed by atoms with E-state index in [4.69, 9.17) is 18.0 Å². The Hall–Kier alpha value is -1.03. The fraction of sp³-hybridized carbons (Fsp3) is 0.0833. The quantitative estimate of drug-likeness (QED) is 0.760. The molecule has 0 aliphatic rings. The average molecular weight is 409 g/mol. The van der Waals surface area contributed by atoms with Crippen LogP contribution in [0.3, 0.4) is 0 Å². The van der Waals surface area contributed by atoms with Gasteiger partial charge in [-0.25, -0.2) is 12.8 Å². The highest BCUT2D eigenvalue weighted by atomic mass is 79.9. The number of hydrogen-bond donors (Lipinski definition) is 2. The molecule has 0 amide bonds. The lowest BCUT2D eigenvalue weighted by Gasteiger charge is -2.11. The van der Waals surface area contributed by atoms with Crippen LogP contribution < -0.4 is 10.5 Å². The number of thiophene rings is 1. The molecule has 0 spiro atoms. The summed E-state index contributed by atoms with van der Waals surface area (Å²) >= 11 is 9.10. The van der Waals surface area contributed by atoms with Gasteiger partial charge in [0.2, 0.25) is 0 Å². The highest BCUT2D eigenvalue weighted by Crippen LogP contribution is 2.32. The first-order chi connectivity index (χ1) is 9.72. The van der Waals surface area contributed by atoms with Crippen molar-refractivity contribution >= 4 is 60.2 Å². The van der Waals surface area contributed by atoms with E-state index in [1.165, 1.54) is 18.2 Å². The average Bonchev–Trinajstić information content (AvgIpc) is 2.69. The van der Waals surface area contributed by atoms with E-state index in [0.29, 0.717) is 0 Å². The molecule has 1 aromatic heterocycles. The first kappa shape index (κ1) is 16.3. The van der Waals surface area contributed by atoms with Crippen LogP contribution in [0.1, 0.15) is 11.1 Å². The molecule has 0 bridgehead atoms. The second-order valence-corrected chi connectivity index (χ2v) is 8.87. The zero-order valence-electron chi connectivity index (χ0n) is 10.7. The molecule has 0 atom stereocenters. The van der Waals surface area contributed by atoms with Gasteiger partial charge in [0.15, 0.2) is 0 Å². The Morgan fingerprint density at radius 3 is 2.67 bits per heavy atom. The first-order valence-electron chi connectivity index (χ1n) is 5.59. The summed E-state index contributed by atoms with van der Waals surface area (Å²) in [4.78, 5) is -0.214. The Labute approximate surface area is 139 Å². The van der Waals surface area contributed by atoms with Gasteiger partial charge in [-0.2, -0.15) is 0 Å². The summed E-state index contributed by atoms with van der Waals surface area (Å²) in [5, 5.41) is 0. The molecular formula is C12H10BrFN2O2S3. The van der Waals surface area contributed by atoms with Crippen LogP contribution in [0.2, 0.25) is 0 Å². The van der Waals surface area contributed by atoms with E-state index in [2.05, 4.69) is 20.7 Å². The lowest BCUT2D eigenvalue weighted by Crippen LogP contribution is -2.18. The van der Waals surface area contributed by atoms with E-state index < -0.39 is 15.8 Å². The van der Waals surface area contributed by atoms with Crippen LogP contribution in [-0.2, 0) is 10.0 Å². The number of rotatable bonds is 4. The molecule has 0 radical (unpaired) electrons. The number of hydrogen-bond acceptors (Lipinski definition) is 4. The van der Waals surface area contributed by atoms with Gasteiger partial charge in [0, 0.05) is 0 Å². The van der Waals surface area contributed by atoms with Crippen molar-refractivity contribution in [2.75, 3.05) is 4.72 Å². The number of benzene rings is 1. The molecule has 21 heavy (non-hydrogen) atoms. The fourth-order valence-corrected chi connectivity index (χ4v) is 5.12. The zero-order valence-corrected chi connectivity index (χ0v) is 14.7. The van der Waals surface area contributed by atoms with E-state index >= 15 is 0 Å². The van der Waals surface area contributed by atoms with Crippen LogP contribution in [0.4, 0.5) is 10.1 Å². The van der Waals surface area contributed by atoms with Gasteiger partial charge in [-0.05, 0) is 46.6 Å². The van der Waals surface area contributed by atoms with Gasteiger partial charge in [-0.15, -0.1) is 11.3 Å². The number of thiocarbonyl (C=S) groups is 1. The van der Waals surface area contributed by atoms with Crippen LogP contribution in [0, 0.1) is 12.7 Å². The van der Waals surface area contributed by atoms with Crippen molar-refractivity contribution in [3.63, 3.8) is 0 Å². The number of halogens is 2. The lowest BCUT2D eigenvalue weighted by atomic mass is 10.2. The van der Waals surface area contributed by atoms with Gasteiger partial charge >= 0.3 is 0 Å². The van der Waals surface area contributed by atoms with Crippen molar-refractivity contribution in [1.29, 1.82) is 0 Å². The Morgan fingerprint density at radius 2 is 2.14 bits per heavy atom. The van der Waals surface area contributed by atoms with E-state index in [1.807, 2.05) is 0 Å². The van der Waals surface area contributed by atoms with Crippen molar-refractivity contribution in [1.82, 2.24) is 0 Å². The predicted molar refractivity (Wildman–Crippen MR) is 89.9 cm³/mol. The summed E-state index contributed by atoms with van der Waals surface area (Å²) in [5.41, 5.74) is 6.15. The molecule has 112 valence electrons. The molecule has 4 nitrogen and oxygen atoms in total. The number of sulfonamides is 1. The Balaban J connectivity index is 2.47. The maximum Gasteiger partial charge on any atom is 0.271 e. The lowest BCUT2D eigenvalue weighted by molar-refractivity contribution is 0.603. The summed E-state index contributed by atoms with van der Waals surface area (Å²) in [6.07, 6.45) is 0. The third-order valence-electron chi connectivity index (χ3n) is 2.60. The highest BCUT2D eigenvalue weighted by Gasteiger charge is 2.21. The molecule has 2 aromatic rings. The fourth-order valence-electron chi connectivity index (χ4n) is 1.62. The summed E-state index contributed by atoms with van der Waals surface area (Å²) in [5.74, 6) is -0.675. The van der Waals surface area contributed by atoms with Gasteiger partial charge in [-0.3, -0.25) is 4.72 Å². The standard InChI is InChI=1S/C12H10BrFN2O2S3/c1-6-5-9(20-11(6)13)21(17,18)16-8-4-2-3-7(14)10(8)12(15)19/h2-5,16H,1H3,(H2,15,19). The number of nitrogens with two attached hydrogens (primary N) is 1. The van der Waals surface area contributed by atoms with Crippen LogP contribution in [0.15, 0.2) is 32.3 Å². The topological polar surface area (TPSA) is 72.2 Å². The van der Waals surface area contributed by atoms with E-state index in [9.17, 15) is 12.8 Å². The minimum Gasteiger partial charge on any atom is -0.389 e. The van der Waals surface area contributed by atoms with Crippen molar-refractivity contribution in [2.24, 2.45) is 5.73 Å². The Bertz CT molecular complexity index is 798. The Morgan fingerprint density at radius 1 is 1.48 bits per heavy atom. The SMILES string of the molecule is Cc1cc(S(=O)(=O)Nc2cccc(F)c2C(N)=S)sc1Br. The molecule has 2 rings (SSSR count). The molecule has 0 fully saturated rings. The van der Waals surface area contributed by atoms with Crippen LogP contribution in [-0.4, -0.2) is 13.4 Å². The molecular weight excluding hydrogens is 399 g/mol. The van der Waals surface area contributed by atoms with Crippen molar-refractivity contribution in [3.05, 3.63) is 45.0 Å². The van der Waals surface area contributed by atoms with Crippen LogP contribution in [0.5, 0.6) is 0 Å². The maximum atomic E-state index is 13.7. The monoisotopic (exact) mass is 408 g/mol. The van der Waals surface area contributed by atoms with E-state index in [0.717, 1.165) is 26.8 Å². The number of anilines is 1. The van der Waals surface area contributed by atoms with Crippen molar-refractivity contribution in [2.45, 2.75) is 11.1 Å². The summed E-state index contributed by atoms with van der Waals surface area (Å²) in [7, 11) is -3.83. The normalized spacial score (nSPS) is 11.4. The molecule has 0 unspecified atom stereocenters. The second-order valence-electron chi connectivity index (χ2n) is 4.15. The number of aryl methyl sites for hydroxylation is 1. The number of nitrogens with one attached hydrogen (secondary N) is 1. The third-order valence-corrected chi connectivity index (χ3v) is 6.78. The molecule has 1 heterocycles. The summed E-state index contributed by atoms with van der Waals surface area (Å²) < 4.78 is 41.5.